The molecule has 5 heteroatoms. The fraction of sp³-hybridized carbons (Fsp3) is 0.118. The van der Waals surface area contributed by atoms with Gasteiger partial charge in [0.1, 0.15) is 24.8 Å². The van der Waals surface area contributed by atoms with Crippen LogP contribution in [0.2, 0.25) is 0 Å². The van der Waals surface area contributed by atoms with Crippen molar-refractivity contribution in [2.24, 2.45) is 0 Å². The Labute approximate surface area is 136 Å². The molecule has 0 N–H and O–H groups in total. The molecule has 2 aromatic rings. The van der Waals surface area contributed by atoms with Crippen LogP contribution < -0.4 is 4.74 Å². The number of benzene rings is 2. The molecule has 0 bridgehead atoms. The van der Waals surface area contributed by atoms with E-state index < -0.39 is 5.97 Å². The van der Waals surface area contributed by atoms with Gasteiger partial charge in [-0.15, -0.1) is 0 Å². The molecule has 114 valence electrons. The third-order valence-electron chi connectivity index (χ3n) is 2.84. The van der Waals surface area contributed by atoms with Gasteiger partial charge in [-0.1, -0.05) is 30.9 Å². The van der Waals surface area contributed by atoms with Crippen LogP contribution in [0.1, 0.15) is 15.9 Å². The average molecular weight is 365 g/mol. The van der Waals surface area contributed by atoms with Crippen molar-refractivity contribution in [1.82, 2.24) is 0 Å². The highest BCUT2D eigenvalue weighted by molar-refractivity contribution is 9.10. The minimum absolute atomic E-state index is 0.103. The number of ether oxygens (including phenoxy) is 2. The molecule has 2 rings (SSSR count). The Morgan fingerprint density at radius 2 is 2.05 bits per heavy atom. The van der Waals surface area contributed by atoms with Crippen LogP contribution in [0.25, 0.3) is 0 Å². The van der Waals surface area contributed by atoms with Crippen LogP contribution in [-0.4, -0.2) is 12.6 Å². The maximum atomic E-state index is 13.5. The van der Waals surface area contributed by atoms with E-state index in [0.717, 1.165) is 0 Å². The normalized spacial score (nSPS) is 10.1. The van der Waals surface area contributed by atoms with Gasteiger partial charge < -0.3 is 9.47 Å². The molecular formula is C17H14BrFO3. The smallest absolute Gasteiger partial charge is 0.338 e. The molecule has 0 atom stereocenters. The van der Waals surface area contributed by atoms with Gasteiger partial charge in [0.2, 0.25) is 0 Å². The molecule has 0 aliphatic heterocycles. The van der Waals surface area contributed by atoms with Crippen LogP contribution >= 0.6 is 15.9 Å². The van der Waals surface area contributed by atoms with E-state index in [9.17, 15) is 9.18 Å². The number of hydrogen-bond donors (Lipinski definition) is 0. The Hall–Kier alpha value is -2.14. The van der Waals surface area contributed by atoms with E-state index in [2.05, 4.69) is 22.5 Å². The fourth-order valence-electron chi connectivity index (χ4n) is 1.73. The molecule has 0 amide bonds. The lowest BCUT2D eigenvalue weighted by atomic mass is 10.2. The fourth-order valence-corrected chi connectivity index (χ4v) is 2.23. The molecule has 0 radical (unpaired) electrons. The molecule has 22 heavy (non-hydrogen) atoms. The summed E-state index contributed by atoms with van der Waals surface area (Å²) in [5.74, 6) is -0.243. The molecule has 0 unspecified atom stereocenters. The maximum absolute atomic E-state index is 13.5. The minimum atomic E-state index is -0.443. The van der Waals surface area contributed by atoms with E-state index in [1.807, 2.05) is 0 Å². The van der Waals surface area contributed by atoms with Crippen molar-refractivity contribution in [2.45, 2.75) is 6.61 Å². The van der Waals surface area contributed by atoms with Gasteiger partial charge in [0.05, 0.1) is 10.0 Å². The molecule has 0 saturated heterocycles. The zero-order valence-electron chi connectivity index (χ0n) is 11.7. The summed E-state index contributed by atoms with van der Waals surface area (Å²) in [7, 11) is 0. The zero-order valence-corrected chi connectivity index (χ0v) is 13.3. The van der Waals surface area contributed by atoms with Crippen molar-refractivity contribution in [3.8, 4) is 5.75 Å². The third-order valence-corrected chi connectivity index (χ3v) is 3.46. The van der Waals surface area contributed by atoms with Crippen LogP contribution in [0, 0.1) is 5.82 Å². The lowest BCUT2D eigenvalue weighted by molar-refractivity contribution is 0.0549. The summed E-state index contributed by atoms with van der Waals surface area (Å²) in [6.45, 7) is 3.74. The van der Waals surface area contributed by atoms with Crippen LogP contribution in [0.3, 0.4) is 0 Å². The molecule has 0 aliphatic rings. The third kappa shape index (κ3) is 4.18. The first-order valence-electron chi connectivity index (χ1n) is 6.55. The lowest BCUT2D eigenvalue weighted by Crippen LogP contribution is -2.05. The first kappa shape index (κ1) is 16.2. The molecule has 0 heterocycles. The Morgan fingerprint density at radius 1 is 1.27 bits per heavy atom. The van der Waals surface area contributed by atoms with Gasteiger partial charge >= 0.3 is 5.97 Å². The molecular weight excluding hydrogens is 351 g/mol. The van der Waals surface area contributed by atoms with Crippen LogP contribution in [0.5, 0.6) is 5.75 Å². The monoisotopic (exact) mass is 364 g/mol. The summed E-state index contributed by atoms with van der Waals surface area (Å²) < 4.78 is 24.6. The summed E-state index contributed by atoms with van der Waals surface area (Å²) >= 11 is 3.33. The quantitative estimate of drug-likeness (QED) is 0.558. The Balaban J connectivity index is 2.05. The number of hydrogen-bond acceptors (Lipinski definition) is 3. The molecule has 2 aromatic carbocycles. The van der Waals surface area contributed by atoms with Gasteiger partial charge in [-0.3, -0.25) is 0 Å². The van der Waals surface area contributed by atoms with Crippen LogP contribution in [0.4, 0.5) is 4.39 Å². The largest absolute Gasteiger partial charge is 0.488 e. The van der Waals surface area contributed by atoms with Gasteiger partial charge in [0, 0.05) is 5.56 Å². The first-order chi connectivity index (χ1) is 10.6. The Bertz CT molecular complexity index is 685. The number of halogens is 2. The van der Waals surface area contributed by atoms with E-state index in [0.29, 0.717) is 21.3 Å². The van der Waals surface area contributed by atoms with E-state index in [1.54, 1.807) is 36.4 Å². The van der Waals surface area contributed by atoms with Crippen molar-refractivity contribution >= 4 is 21.9 Å². The highest BCUT2D eigenvalue weighted by Crippen LogP contribution is 2.27. The highest BCUT2D eigenvalue weighted by Gasteiger charge is 2.11. The second-order valence-corrected chi connectivity index (χ2v) is 5.27. The highest BCUT2D eigenvalue weighted by atomic mass is 79.9. The summed E-state index contributed by atoms with van der Waals surface area (Å²) in [6.07, 6.45) is 1.50. The van der Waals surface area contributed by atoms with E-state index in [-0.39, 0.29) is 19.0 Å². The van der Waals surface area contributed by atoms with Crippen molar-refractivity contribution < 1.29 is 18.7 Å². The molecule has 0 fully saturated rings. The minimum Gasteiger partial charge on any atom is -0.488 e. The van der Waals surface area contributed by atoms with Gasteiger partial charge in [-0.25, -0.2) is 9.18 Å². The number of carbonyl (C=O) groups excluding carboxylic acids is 1. The summed E-state index contributed by atoms with van der Waals surface area (Å²) in [4.78, 5) is 11.7. The van der Waals surface area contributed by atoms with Crippen molar-refractivity contribution in [3.05, 3.63) is 76.5 Å². The van der Waals surface area contributed by atoms with Crippen molar-refractivity contribution in [3.63, 3.8) is 0 Å². The van der Waals surface area contributed by atoms with Gasteiger partial charge in [0.15, 0.2) is 0 Å². The molecule has 0 saturated carbocycles. The summed E-state index contributed by atoms with van der Waals surface area (Å²) in [5, 5.41) is 0. The average Bonchev–Trinajstić information content (AvgIpc) is 2.52. The predicted octanol–water partition coefficient (Wildman–Crippen LogP) is 4.51. The van der Waals surface area contributed by atoms with Crippen molar-refractivity contribution in [2.75, 3.05) is 6.61 Å². The van der Waals surface area contributed by atoms with E-state index >= 15 is 0 Å². The summed E-state index contributed by atoms with van der Waals surface area (Å²) in [5.41, 5.74) is 0.857. The van der Waals surface area contributed by atoms with E-state index in [1.165, 1.54) is 12.1 Å². The predicted molar refractivity (Wildman–Crippen MR) is 85.4 cm³/mol. The van der Waals surface area contributed by atoms with Crippen LogP contribution in [-0.2, 0) is 11.3 Å². The Morgan fingerprint density at radius 3 is 2.73 bits per heavy atom. The number of rotatable bonds is 6. The first-order valence-corrected chi connectivity index (χ1v) is 7.35. The maximum Gasteiger partial charge on any atom is 0.338 e. The van der Waals surface area contributed by atoms with Gasteiger partial charge in [-0.2, -0.15) is 0 Å². The van der Waals surface area contributed by atoms with Gasteiger partial charge in [-0.05, 0) is 40.2 Å². The van der Waals surface area contributed by atoms with Crippen LogP contribution in [0.15, 0.2) is 59.6 Å². The Kier molecular flexibility index (Phi) is 5.72. The number of carbonyl (C=O) groups is 1. The molecule has 0 spiro atoms. The number of esters is 1. The second kappa shape index (κ2) is 7.75. The molecule has 3 nitrogen and oxygen atoms in total. The molecule has 0 aromatic heterocycles. The zero-order chi connectivity index (χ0) is 15.9. The second-order valence-electron chi connectivity index (χ2n) is 4.41. The summed E-state index contributed by atoms with van der Waals surface area (Å²) in [6, 6.07) is 11.2. The SMILES string of the molecule is C=CCOC(=O)c1ccc(OCc2ccccc2F)c(Br)c1. The van der Waals surface area contributed by atoms with Crippen molar-refractivity contribution in [1.29, 1.82) is 0 Å². The lowest BCUT2D eigenvalue weighted by Gasteiger charge is -2.10. The van der Waals surface area contributed by atoms with Gasteiger partial charge in [0.25, 0.3) is 0 Å². The van der Waals surface area contributed by atoms with E-state index in [4.69, 9.17) is 9.47 Å². The molecule has 0 aliphatic carbocycles. The topological polar surface area (TPSA) is 35.5 Å². The standard InChI is InChI=1S/C17H14BrFO3/c1-2-9-21-17(20)12-7-8-16(14(18)10-12)22-11-13-5-3-4-6-15(13)19/h2-8,10H,1,9,11H2.